The van der Waals surface area contributed by atoms with Crippen LogP contribution in [-0.2, 0) is 19.1 Å². The number of methoxy groups -OCH3 is 2. The van der Waals surface area contributed by atoms with Gasteiger partial charge in [0.25, 0.3) is 0 Å². The number of carbonyl (C=O) groups excluding carboxylic acids is 2. The topological polar surface area (TPSA) is 52.6 Å². The van der Waals surface area contributed by atoms with Crippen LogP contribution in [0.3, 0.4) is 0 Å². The summed E-state index contributed by atoms with van der Waals surface area (Å²) < 4.78 is 9.93. The van der Waals surface area contributed by atoms with Gasteiger partial charge in [0.15, 0.2) is 5.41 Å². The fraction of sp³-hybridized carbons (Fsp3) is 0.750. The van der Waals surface area contributed by atoms with E-state index in [2.05, 4.69) is 0 Å². The lowest BCUT2D eigenvalue weighted by molar-refractivity contribution is -0.167. The summed E-state index contributed by atoms with van der Waals surface area (Å²) in [5.74, 6) is -0.281. The van der Waals surface area contributed by atoms with Crippen LogP contribution in [0.4, 0.5) is 0 Å². The van der Waals surface area contributed by atoms with Crippen LogP contribution in [-0.4, -0.2) is 26.2 Å². The standard InChI is InChI=1S/C16H22O4/c1-10-12-7-6-11-5-4-8-15(11,12)9-16(10,13(17)19-2)14(18)20-3/h11H,4-9H2,1-3H3. The molecule has 2 fully saturated rings. The predicted octanol–water partition coefficient (Wildman–Crippen LogP) is 2.62. The lowest BCUT2D eigenvalue weighted by Gasteiger charge is -2.32. The van der Waals surface area contributed by atoms with Gasteiger partial charge in [-0.2, -0.15) is 0 Å². The molecule has 2 atom stereocenters. The van der Waals surface area contributed by atoms with Gasteiger partial charge in [0.05, 0.1) is 14.2 Å². The highest BCUT2D eigenvalue weighted by molar-refractivity contribution is 6.04. The zero-order valence-corrected chi connectivity index (χ0v) is 12.5. The fourth-order valence-corrected chi connectivity index (χ4v) is 5.18. The minimum absolute atomic E-state index is 0.0620. The first-order valence-corrected chi connectivity index (χ1v) is 7.40. The quantitative estimate of drug-likeness (QED) is 0.442. The second kappa shape index (κ2) is 4.34. The van der Waals surface area contributed by atoms with E-state index in [0.717, 1.165) is 18.4 Å². The van der Waals surface area contributed by atoms with Gasteiger partial charge in [-0.25, -0.2) is 0 Å². The summed E-state index contributed by atoms with van der Waals surface area (Å²) >= 11 is 0. The van der Waals surface area contributed by atoms with Gasteiger partial charge in [-0.1, -0.05) is 12.0 Å². The zero-order valence-electron chi connectivity index (χ0n) is 12.5. The van der Waals surface area contributed by atoms with Crippen molar-refractivity contribution in [2.24, 2.45) is 16.7 Å². The molecule has 0 aliphatic heterocycles. The third-order valence-corrected chi connectivity index (χ3v) is 6.04. The molecule has 3 rings (SSSR count). The molecule has 0 amide bonds. The number of esters is 2. The van der Waals surface area contributed by atoms with Crippen molar-refractivity contribution >= 4 is 11.9 Å². The Balaban J connectivity index is 2.13. The Morgan fingerprint density at radius 3 is 2.40 bits per heavy atom. The maximum atomic E-state index is 12.4. The fourth-order valence-electron chi connectivity index (χ4n) is 5.18. The van der Waals surface area contributed by atoms with E-state index in [9.17, 15) is 9.59 Å². The van der Waals surface area contributed by atoms with E-state index in [0.29, 0.717) is 12.3 Å². The molecule has 0 aromatic rings. The lowest BCUT2D eigenvalue weighted by Crippen LogP contribution is -2.42. The van der Waals surface area contributed by atoms with Gasteiger partial charge in [0, 0.05) is 0 Å². The highest BCUT2D eigenvalue weighted by Gasteiger charge is 2.66. The van der Waals surface area contributed by atoms with Crippen molar-refractivity contribution in [3.63, 3.8) is 0 Å². The van der Waals surface area contributed by atoms with Gasteiger partial charge in [-0.05, 0) is 55.9 Å². The molecular formula is C16H22O4. The second-order valence-corrected chi connectivity index (χ2v) is 6.45. The van der Waals surface area contributed by atoms with E-state index in [1.807, 2.05) is 6.92 Å². The molecule has 0 aromatic heterocycles. The summed E-state index contributed by atoms with van der Waals surface area (Å²) in [6.45, 7) is 1.93. The molecule has 0 radical (unpaired) electrons. The molecule has 3 aliphatic carbocycles. The number of allylic oxidation sites excluding steroid dienone is 1. The summed E-state index contributed by atoms with van der Waals surface area (Å²) in [5.41, 5.74) is 1.12. The summed E-state index contributed by atoms with van der Waals surface area (Å²) in [6.07, 6.45) is 6.29. The minimum Gasteiger partial charge on any atom is -0.468 e. The van der Waals surface area contributed by atoms with Crippen LogP contribution in [0.2, 0.25) is 0 Å². The van der Waals surface area contributed by atoms with E-state index >= 15 is 0 Å². The van der Waals surface area contributed by atoms with Crippen molar-refractivity contribution in [2.75, 3.05) is 14.2 Å². The Labute approximate surface area is 119 Å². The van der Waals surface area contributed by atoms with Gasteiger partial charge in [0.1, 0.15) is 0 Å². The maximum absolute atomic E-state index is 12.4. The average Bonchev–Trinajstić information content (AvgIpc) is 3.06. The van der Waals surface area contributed by atoms with E-state index in [4.69, 9.17) is 9.47 Å². The van der Waals surface area contributed by atoms with Crippen molar-refractivity contribution in [2.45, 2.75) is 45.4 Å². The Hall–Kier alpha value is -1.32. The van der Waals surface area contributed by atoms with Crippen LogP contribution in [0.1, 0.15) is 45.4 Å². The second-order valence-electron chi connectivity index (χ2n) is 6.45. The molecule has 0 heterocycles. The molecule has 1 spiro atoms. The minimum atomic E-state index is -1.19. The first-order valence-electron chi connectivity index (χ1n) is 7.40. The van der Waals surface area contributed by atoms with Crippen LogP contribution in [0.25, 0.3) is 0 Å². The highest BCUT2D eigenvalue weighted by atomic mass is 16.5. The van der Waals surface area contributed by atoms with Crippen molar-refractivity contribution in [1.82, 2.24) is 0 Å². The molecule has 0 aromatic carbocycles. The zero-order chi connectivity index (χ0) is 14.5. The third kappa shape index (κ3) is 1.37. The Bertz CT molecular complexity index is 489. The first-order chi connectivity index (χ1) is 9.52. The van der Waals surface area contributed by atoms with Crippen LogP contribution < -0.4 is 0 Å². The van der Waals surface area contributed by atoms with E-state index < -0.39 is 17.4 Å². The molecule has 4 heteroatoms. The van der Waals surface area contributed by atoms with Gasteiger partial charge < -0.3 is 9.47 Å². The third-order valence-electron chi connectivity index (χ3n) is 6.04. The Morgan fingerprint density at radius 2 is 1.80 bits per heavy atom. The average molecular weight is 278 g/mol. The molecule has 2 unspecified atom stereocenters. The number of hydrogen-bond donors (Lipinski definition) is 0. The number of ether oxygens (including phenoxy) is 2. The Kier molecular flexibility index (Phi) is 2.96. The molecule has 4 nitrogen and oxygen atoms in total. The van der Waals surface area contributed by atoms with E-state index in [-0.39, 0.29) is 5.41 Å². The van der Waals surface area contributed by atoms with Crippen molar-refractivity contribution in [3.05, 3.63) is 11.1 Å². The van der Waals surface area contributed by atoms with E-state index in [1.54, 1.807) is 0 Å². The SMILES string of the molecule is COC(=O)C1(C(=O)OC)CC23CCCC2CCC3=C1C. The maximum Gasteiger partial charge on any atom is 0.327 e. The van der Waals surface area contributed by atoms with Crippen molar-refractivity contribution in [1.29, 1.82) is 0 Å². The largest absolute Gasteiger partial charge is 0.468 e. The summed E-state index contributed by atoms with van der Waals surface area (Å²) in [6, 6.07) is 0. The molecule has 3 aliphatic rings. The summed E-state index contributed by atoms with van der Waals surface area (Å²) in [5, 5.41) is 0. The molecule has 0 bridgehead atoms. The lowest BCUT2D eigenvalue weighted by atomic mass is 9.71. The van der Waals surface area contributed by atoms with Crippen LogP contribution in [0.5, 0.6) is 0 Å². The normalized spacial score (nSPS) is 33.9. The van der Waals surface area contributed by atoms with E-state index in [1.165, 1.54) is 39.1 Å². The first kappa shape index (κ1) is 13.7. The Morgan fingerprint density at radius 1 is 1.15 bits per heavy atom. The highest BCUT2D eigenvalue weighted by Crippen LogP contribution is 2.68. The predicted molar refractivity (Wildman–Crippen MR) is 72.8 cm³/mol. The molecule has 20 heavy (non-hydrogen) atoms. The number of carbonyl (C=O) groups is 2. The van der Waals surface area contributed by atoms with Gasteiger partial charge in [0.2, 0.25) is 0 Å². The van der Waals surface area contributed by atoms with Gasteiger partial charge in [-0.15, -0.1) is 0 Å². The van der Waals surface area contributed by atoms with Gasteiger partial charge in [-0.3, -0.25) is 9.59 Å². The smallest absolute Gasteiger partial charge is 0.327 e. The van der Waals surface area contributed by atoms with Crippen molar-refractivity contribution < 1.29 is 19.1 Å². The molecule has 2 saturated carbocycles. The molecule has 110 valence electrons. The summed E-state index contributed by atoms with van der Waals surface area (Å²) in [4.78, 5) is 24.8. The molecule has 0 saturated heterocycles. The number of rotatable bonds is 2. The monoisotopic (exact) mass is 278 g/mol. The summed E-state index contributed by atoms with van der Waals surface area (Å²) in [7, 11) is 2.70. The number of hydrogen-bond acceptors (Lipinski definition) is 4. The van der Waals surface area contributed by atoms with Crippen LogP contribution >= 0.6 is 0 Å². The van der Waals surface area contributed by atoms with Crippen molar-refractivity contribution in [3.8, 4) is 0 Å². The van der Waals surface area contributed by atoms with Gasteiger partial charge >= 0.3 is 11.9 Å². The van der Waals surface area contributed by atoms with Crippen LogP contribution in [0, 0.1) is 16.7 Å². The molecular weight excluding hydrogens is 256 g/mol. The van der Waals surface area contributed by atoms with Crippen LogP contribution in [0.15, 0.2) is 11.1 Å². The molecule has 0 N–H and O–H groups in total.